The summed E-state index contributed by atoms with van der Waals surface area (Å²) in [5.41, 5.74) is -1.64. The number of aromatic nitrogens is 3. The van der Waals surface area contributed by atoms with Gasteiger partial charge in [-0.25, -0.2) is 9.18 Å². The van der Waals surface area contributed by atoms with Crippen LogP contribution in [0.3, 0.4) is 0 Å². The third-order valence-electron chi connectivity index (χ3n) is 2.45. The van der Waals surface area contributed by atoms with Gasteiger partial charge in [-0.05, 0) is 0 Å². The Morgan fingerprint density at radius 1 is 1.59 bits per heavy atom. The minimum absolute atomic E-state index is 0.619. The Labute approximate surface area is 93.3 Å². The molecule has 9 heteroatoms. The summed E-state index contributed by atoms with van der Waals surface area (Å²) in [4.78, 5) is 24.0. The molecule has 1 saturated heterocycles. The fourth-order valence-corrected chi connectivity index (χ4v) is 1.60. The van der Waals surface area contributed by atoms with E-state index in [2.05, 4.69) is 5.10 Å². The van der Waals surface area contributed by atoms with Crippen LogP contribution in [0.15, 0.2) is 15.8 Å². The normalized spacial score (nSPS) is 32.9. The molecule has 0 saturated carbocycles. The predicted molar refractivity (Wildman–Crippen MR) is 51.0 cm³/mol. The van der Waals surface area contributed by atoms with Crippen LogP contribution in [0.4, 0.5) is 4.39 Å². The first-order valence-electron chi connectivity index (χ1n) is 4.81. The van der Waals surface area contributed by atoms with Crippen LogP contribution < -0.4 is 11.2 Å². The van der Waals surface area contributed by atoms with E-state index in [9.17, 15) is 19.1 Å². The van der Waals surface area contributed by atoms with Gasteiger partial charge in [0.25, 0.3) is 5.56 Å². The largest absolute Gasteiger partial charge is 0.394 e. The van der Waals surface area contributed by atoms with Crippen LogP contribution in [-0.2, 0) is 4.74 Å². The molecule has 2 rings (SSSR count). The van der Waals surface area contributed by atoms with Gasteiger partial charge in [0.1, 0.15) is 18.4 Å². The van der Waals surface area contributed by atoms with Crippen molar-refractivity contribution in [2.24, 2.45) is 0 Å². The quantitative estimate of drug-likeness (QED) is 0.532. The van der Waals surface area contributed by atoms with E-state index in [0.717, 1.165) is 6.20 Å². The maximum Gasteiger partial charge on any atom is 0.347 e. The van der Waals surface area contributed by atoms with E-state index in [0.29, 0.717) is 4.68 Å². The Bertz CT molecular complexity index is 514. The van der Waals surface area contributed by atoms with Crippen LogP contribution >= 0.6 is 0 Å². The van der Waals surface area contributed by atoms with Gasteiger partial charge in [-0.2, -0.15) is 9.78 Å². The summed E-state index contributed by atoms with van der Waals surface area (Å²) < 4.78 is 18.9. The molecule has 8 nitrogen and oxygen atoms in total. The number of ether oxygens (including phenoxy) is 1. The maximum atomic E-state index is 13.4. The average Bonchev–Trinajstić information content (AvgIpc) is 2.57. The van der Waals surface area contributed by atoms with E-state index >= 15 is 0 Å². The lowest BCUT2D eigenvalue weighted by Crippen LogP contribution is -2.38. The molecule has 3 N–H and O–H groups in total. The smallest absolute Gasteiger partial charge is 0.347 e. The monoisotopic (exact) mass is 247 g/mol. The second kappa shape index (κ2) is 4.35. The van der Waals surface area contributed by atoms with Crippen molar-refractivity contribution in [3.63, 3.8) is 0 Å². The number of aliphatic hydroxyl groups excluding tert-OH is 2. The van der Waals surface area contributed by atoms with Gasteiger partial charge in [-0.15, -0.1) is 0 Å². The Balaban J connectivity index is 2.35. The first-order valence-corrected chi connectivity index (χ1v) is 4.81. The standard InChI is InChI=1S/C8H10FN3O5/c9-5-3(2-13)17-7(6(5)15)12-8(16)11-4(14)1-10-12/h1,3,5-7,13,15H,2H2,(H,11,14,16)/t3-,5?,6+,7-/m1/s1. The molecule has 94 valence electrons. The third kappa shape index (κ3) is 1.99. The van der Waals surface area contributed by atoms with Gasteiger partial charge < -0.3 is 14.9 Å². The van der Waals surface area contributed by atoms with Gasteiger partial charge in [0.05, 0.1) is 6.61 Å². The summed E-state index contributed by atoms with van der Waals surface area (Å²) >= 11 is 0. The van der Waals surface area contributed by atoms with Crippen LogP contribution in [0.5, 0.6) is 0 Å². The Hall–Kier alpha value is -1.58. The predicted octanol–water partition coefficient (Wildman–Crippen LogP) is -2.48. The van der Waals surface area contributed by atoms with E-state index < -0.39 is 42.5 Å². The molecule has 0 bridgehead atoms. The minimum atomic E-state index is -1.83. The Morgan fingerprint density at radius 2 is 2.29 bits per heavy atom. The third-order valence-corrected chi connectivity index (χ3v) is 2.45. The van der Waals surface area contributed by atoms with Crippen molar-refractivity contribution >= 4 is 0 Å². The Kier molecular flexibility index (Phi) is 3.05. The van der Waals surface area contributed by atoms with Gasteiger partial charge in [0.15, 0.2) is 12.4 Å². The number of hydrogen-bond donors (Lipinski definition) is 3. The van der Waals surface area contributed by atoms with E-state index in [1.165, 1.54) is 0 Å². The fourth-order valence-electron chi connectivity index (χ4n) is 1.60. The summed E-state index contributed by atoms with van der Waals surface area (Å²) in [7, 11) is 0. The van der Waals surface area contributed by atoms with Gasteiger partial charge in [0.2, 0.25) is 0 Å². The highest BCUT2D eigenvalue weighted by Crippen LogP contribution is 2.29. The number of aromatic amines is 1. The molecule has 1 aromatic heterocycles. The van der Waals surface area contributed by atoms with E-state index in [1.807, 2.05) is 4.98 Å². The molecule has 0 radical (unpaired) electrons. The number of nitrogens with one attached hydrogen (secondary N) is 1. The highest BCUT2D eigenvalue weighted by Gasteiger charge is 2.45. The summed E-state index contributed by atoms with van der Waals surface area (Å²) in [5, 5.41) is 21.7. The number of hydrogen-bond acceptors (Lipinski definition) is 6. The highest BCUT2D eigenvalue weighted by atomic mass is 19.1. The zero-order chi connectivity index (χ0) is 12.6. The zero-order valence-corrected chi connectivity index (χ0v) is 8.49. The zero-order valence-electron chi connectivity index (χ0n) is 8.49. The van der Waals surface area contributed by atoms with Crippen LogP contribution in [0.2, 0.25) is 0 Å². The van der Waals surface area contributed by atoms with E-state index in [1.54, 1.807) is 0 Å². The second-order valence-corrected chi connectivity index (χ2v) is 3.57. The highest BCUT2D eigenvalue weighted by molar-refractivity contribution is 4.89. The molecule has 1 aliphatic rings. The van der Waals surface area contributed by atoms with Gasteiger partial charge in [-0.1, -0.05) is 0 Å². The molecule has 1 fully saturated rings. The minimum Gasteiger partial charge on any atom is -0.394 e. The van der Waals surface area contributed by atoms with Crippen molar-refractivity contribution in [3.8, 4) is 0 Å². The SMILES string of the molecule is O=c1cnn([C@@H]2O[C@H](CO)C(F)[C@@H]2O)c(=O)[nH]1. The molecule has 0 aliphatic carbocycles. The van der Waals surface area contributed by atoms with Crippen LogP contribution in [0.1, 0.15) is 6.23 Å². The van der Waals surface area contributed by atoms with Crippen molar-refractivity contribution < 1.29 is 19.3 Å². The Morgan fingerprint density at radius 3 is 2.82 bits per heavy atom. The lowest BCUT2D eigenvalue weighted by molar-refractivity contribution is -0.0609. The van der Waals surface area contributed by atoms with Crippen LogP contribution in [0, 0.1) is 0 Å². The molecule has 4 atom stereocenters. The number of H-pyrrole nitrogens is 1. The number of rotatable bonds is 2. The summed E-state index contributed by atoms with van der Waals surface area (Å²) in [5.74, 6) is 0. The average molecular weight is 247 g/mol. The summed E-state index contributed by atoms with van der Waals surface area (Å²) in [6.07, 6.45) is -5.26. The van der Waals surface area contributed by atoms with Crippen molar-refractivity contribution in [2.75, 3.05) is 6.61 Å². The molecule has 17 heavy (non-hydrogen) atoms. The molecule has 0 amide bonds. The molecule has 1 aliphatic heterocycles. The first kappa shape index (κ1) is 11.9. The van der Waals surface area contributed by atoms with Gasteiger partial charge in [0, 0.05) is 0 Å². The van der Waals surface area contributed by atoms with Gasteiger partial charge in [-0.3, -0.25) is 9.78 Å². The van der Waals surface area contributed by atoms with Crippen LogP contribution in [-0.4, -0.2) is 50.0 Å². The van der Waals surface area contributed by atoms with E-state index in [-0.39, 0.29) is 0 Å². The molecular weight excluding hydrogens is 237 g/mol. The maximum absolute atomic E-state index is 13.4. The molecular formula is C8H10FN3O5. The topological polar surface area (TPSA) is 117 Å². The van der Waals surface area contributed by atoms with Crippen molar-refractivity contribution in [1.29, 1.82) is 0 Å². The molecule has 0 aromatic carbocycles. The lowest BCUT2D eigenvalue weighted by Gasteiger charge is -2.14. The first-order chi connectivity index (χ1) is 8.04. The van der Waals surface area contributed by atoms with Crippen molar-refractivity contribution in [3.05, 3.63) is 27.0 Å². The number of alkyl halides is 1. The number of halogens is 1. The second-order valence-electron chi connectivity index (χ2n) is 3.57. The van der Waals surface area contributed by atoms with Crippen molar-refractivity contribution in [2.45, 2.75) is 24.6 Å². The lowest BCUT2D eigenvalue weighted by atomic mass is 10.1. The summed E-state index contributed by atoms with van der Waals surface area (Å²) in [6.45, 7) is -0.632. The van der Waals surface area contributed by atoms with Crippen LogP contribution in [0.25, 0.3) is 0 Å². The molecule has 1 unspecified atom stereocenters. The van der Waals surface area contributed by atoms with Crippen molar-refractivity contribution in [1.82, 2.24) is 14.8 Å². The van der Waals surface area contributed by atoms with Gasteiger partial charge >= 0.3 is 5.69 Å². The van der Waals surface area contributed by atoms with E-state index in [4.69, 9.17) is 9.84 Å². The molecule has 2 heterocycles. The molecule has 0 spiro atoms. The number of nitrogens with zero attached hydrogens (tertiary/aromatic N) is 2. The number of aliphatic hydroxyl groups is 2. The fraction of sp³-hybridized carbons (Fsp3) is 0.625. The molecule has 1 aromatic rings. The summed E-state index contributed by atoms with van der Waals surface area (Å²) in [6, 6.07) is 0.